The largest absolute Gasteiger partial charge is 0.450 e. The van der Waals surface area contributed by atoms with Gasteiger partial charge in [0.15, 0.2) is 0 Å². The number of amides is 1. The van der Waals surface area contributed by atoms with Crippen molar-refractivity contribution in [1.82, 2.24) is 15.1 Å². The molecule has 0 unspecified atom stereocenters. The van der Waals surface area contributed by atoms with E-state index in [-0.39, 0.29) is 6.09 Å². The maximum atomic E-state index is 11.6. The number of carbonyl (C=O) groups is 1. The Morgan fingerprint density at radius 1 is 1.24 bits per heavy atom. The number of nitrogens with one attached hydrogen (secondary N) is 1. The molecule has 5 nitrogen and oxygen atoms in total. The highest BCUT2D eigenvalue weighted by Crippen LogP contribution is 2.21. The molecule has 0 bridgehead atoms. The fraction of sp³-hybridized carbons (Fsp3) is 0.938. The van der Waals surface area contributed by atoms with E-state index in [2.05, 4.69) is 17.3 Å². The van der Waals surface area contributed by atoms with Crippen LogP contribution in [0.3, 0.4) is 0 Å². The van der Waals surface area contributed by atoms with Crippen molar-refractivity contribution >= 4 is 6.09 Å². The zero-order valence-electron chi connectivity index (χ0n) is 13.6. The smallest absolute Gasteiger partial charge is 0.409 e. The van der Waals surface area contributed by atoms with E-state index in [1.807, 2.05) is 11.8 Å². The van der Waals surface area contributed by atoms with Crippen LogP contribution >= 0.6 is 0 Å². The van der Waals surface area contributed by atoms with Gasteiger partial charge in [-0.3, -0.25) is 0 Å². The summed E-state index contributed by atoms with van der Waals surface area (Å²) in [7, 11) is 2.25. The lowest BCUT2D eigenvalue weighted by atomic mass is 10.1. The second-order valence-corrected chi connectivity index (χ2v) is 6.33. The zero-order valence-corrected chi connectivity index (χ0v) is 13.6. The van der Waals surface area contributed by atoms with Crippen LogP contribution in [0.5, 0.6) is 0 Å². The second-order valence-electron chi connectivity index (χ2n) is 6.33. The van der Waals surface area contributed by atoms with Crippen LogP contribution in [-0.2, 0) is 4.74 Å². The summed E-state index contributed by atoms with van der Waals surface area (Å²) in [5.74, 6) is 0. The quantitative estimate of drug-likeness (QED) is 0.815. The van der Waals surface area contributed by atoms with Crippen molar-refractivity contribution in [3.8, 4) is 0 Å². The molecule has 0 aromatic rings. The Kier molecular flexibility index (Phi) is 6.77. The molecule has 0 spiro atoms. The van der Waals surface area contributed by atoms with Gasteiger partial charge in [-0.15, -0.1) is 0 Å². The molecule has 21 heavy (non-hydrogen) atoms. The molecule has 2 aliphatic rings. The van der Waals surface area contributed by atoms with Gasteiger partial charge in [-0.1, -0.05) is 12.8 Å². The highest BCUT2D eigenvalue weighted by Gasteiger charge is 2.23. The molecule has 0 aromatic heterocycles. The molecular weight excluding hydrogens is 266 g/mol. The molecule has 1 aliphatic heterocycles. The SMILES string of the molecule is CCOC(=O)N1CCC(NCCN(C)C2CCCC2)CC1. The molecule has 0 atom stereocenters. The molecule has 1 N–H and O–H groups in total. The Morgan fingerprint density at radius 2 is 1.90 bits per heavy atom. The van der Waals surface area contributed by atoms with E-state index in [1.165, 1.54) is 25.7 Å². The Hall–Kier alpha value is -0.810. The Morgan fingerprint density at radius 3 is 2.52 bits per heavy atom. The Labute approximate surface area is 129 Å². The van der Waals surface area contributed by atoms with Crippen molar-refractivity contribution in [2.24, 2.45) is 0 Å². The number of nitrogens with zero attached hydrogens (tertiary/aromatic N) is 2. The summed E-state index contributed by atoms with van der Waals surface area (Å²) in [5, 5.41) is 3.65. The van der Waals surface area contributed by atoms with Crippen molar-refractivity contribution in [3.05, 3.63) is 0 Å². The van der Waals surface area contributed by atoms with E-state index in [9.17, 15) is 4.79 Å². The third-order valence-electron chi connectivity index (χ3n) is 4.87. The van der Waals surface area contributed by atoms with Gasteiger partial charge in [0.1, 0.15) is 0 Å². The zero-order chi connectivity index (χ0) is 15.1. The van der Waals surface area contributed by atoms with Gasteiger partial charge >= 0.3 is 6.09 Å². The lowest BCUT2D eigenvalue weighted by Gasteiger charge is -2.32. The maximum absolute atomic E-state index is 11.6. The van der Waals surface area contributed by atoms with Gasteiger partial charge in [-0.2, -0.15) is 0 Å². The number of likely N-dealkylation sites (tertiary alicyclic amines) is 1. The molecule has 1 heterocycles. The van der Waals surface area contributed by atoms with Crippen LogP contribution in [0.1, 0.15) is 45.4 Å². The van der Waals surface area contributed by atoms with Gasteiger partial charge in [0.2, 0.25) is 0 Å². The van der Waals surface area contributed by atoms with Gasteiger partial charge in [-0.25, -0.2) is 4.79 Å². The first kappa shape index (κ1) is 16.6. The monoisotopic (exact) mass is 297 g/mol. The lowest BCUT2D eigenvalue weighted by Crippen LogP contribution is -2.46. The summed E-state index contributed by atoms with van der Waals surface area (Å²) in [6, 6.07) is 1.35. The van der Waals surface area contributed by atoms with Crippen molar-refractivity contribution < 1.29 is 9.53 Å². The van der Waals surface area contributed by atoms with Crippen LogP contribution in [-0.4, -0.2) is 67.8 Å². The second kappa shape index (κ2) is 8.59. The van der Waals surface area contributed by atoms with Crippen LogP contribution < -0.4 is 5.32 Å². The number of piperidine rings is 1. The summed E-state index contributed by atoms with van der Waals surface area (Å²) >= 11 is 0. The van der Waals surface area contributed by atoms with Gasteiger partial charge in [0.25, 0.3) is 0 Å². The van der Waals surface area contributed by atoms with Crippen LogP contribution in [0, 0.1) is 0 Å². The average Bonchev–Trinajstić information content (AvgIpc) is 3.02. The minimum atomic E-state index is -0.156. The molecule has 0 aromatic carbocycles. The van der Waals surface area contributed by atoms with Gasteiger partial charge in [0, 0.05) is 38.3 Å². The number of likely N-dealkylation sites (N-methyl/N-ethyl adjacent to an activating group) is 1. The Balaban J connectivity index is 1.57. The maximum Gasteiger partial charge on any atom is 0.409 e. The molecular formula is C16H31N3O2. The minimum absolute atomic E-state index is 0.156. The first-order valence-electron chi connectivity index (χ1n) is 8.56. The van der Waals surface area contributed by atoms with Crippen LogP contribution in [0.2, 0.25) is 0 Å². The summed E-state index contributed by atoms with van der Waals surface area (Å²) in [5.41, 5.74) is 0. The number of carbonyl (C=O) groups excluding carboxylic acids is 1. The minimum Gasteiger partial charge on any atom is -0.450 e. The molecule has 1 amide bonds. The molecule has 1 saturated carbocycles. The van der Waals surface area contributed by atoms with E-state index < -0.39 is 0 Å². The highest BCUT2D eigenvalue weighted by molar-refractivity contribution is 5.67. The number of ether oxygens (including phenoxy) is 1. The molecule has 5 heteroatoms. The van der Waals surface area contributed by atoms with Crippen molar-refractivity contribution in [1.29, 1.82) is 0 Å². The summed E-state index contributed by atoms with van der Waals surface area (Å²) in [4.78, 5) is 16.0. The van der Waals surface area contributed by atoms with Gasteiger partial charge < -0.3 is 19.9 Å². The Bertz CT molecular complexity index is 311. The van der Waals surface area contributed by atoms with E-state index in [4.69, 9.17) is 4.74 Å². The topological polar surface area (TPSA) is 44.8 Å². The number of rotatable bonds is 6. The molecule has 2 fully saturated rings. The summed E-state index contributed by atoms with van der Waals surface area (Å²) < 4.78 is 5.05. The van der Waals surface area contributed by atoms with Crippen molar-refractivity contribution in [3.63, 3.8) is 0 Å². The average molecular weight is 297 g/mol. The fourth-order valence-electron chi connectivity index (χ4n) is 3.45. The van der Waals surface area contributed by atoms with E-state index in [0.29, 0.717) is 12.6 Å². The van der Waals surface area contributed by atoms with Crippen molar-refractivity contribution in [2.75, 3.05) is 39.8 Å². The van der Waals surface area contributed by atoms with Crippen LogP contribution in [0.15, 0.2) is 0 Å². The van der Waals surface area contributed by atoms with Crippen LogP contribution in [0.4, 0.5) is 4.79 Å². The molecule has 1 aliphatic carbocycles. The van der Waals surface area contributed by atoms with Crippen molar-refractivity contribution in [2.45, 2.75) is 57.5 Å². The molecule has 2 rings (SSSR count). The van der Waals surface area contributed by atoms with E-state index in [1.54, 1.807) is 0 Å². The predicted octanol–water partition coefficient (Wildman–Crippen LogP) is 2.07. The highest BCUT2D eigenvalue weighted by atomic mass is 16.6. The van der Waals surface area contributed by atoms with Gasteiger partial charge in [-0.05, 0) is 39.7 Å². The van der Waals surface area contributed by atoms with E-state index in [0.717, 1.165) is 45.1 Å². The third kappa shape index (κ3) is 5.15. The first-order chi connectivity index (χ1) is 10.2. The summed E-state index contributed by atoms with van der Waals surface area (Å²) in [6.07, 6.45) is 7.45. The predicted molar refractivity (Wildman–Crippen MR) is 84.5 cm³/mol. The van der Waals surface area contributed by atoms with E-state index >= 15 is 0 Å². The normalized spacial score (nSPS) is 21.2. The fourth-order valence-corrected chi connectivity index (χ4v) is 3.45. The first-order valence-corrected chi connectivity index (χ1v) is 8.56. The van der Waals surface area contributed by atoms with Gasteiger partial charge in [0.05, 0.1) is 6.61 Å². The molecule has 0 radical (unpaired) electrons. The third-order valence-corrected chi connectivity index (χ3v) is 4.87. The number of hydrogen-bond donors (Lipinski definition) is 1. The standard InChI is InChI=1S/C16H31N3O2/c1-3-21-16(20)19-11-8-14(9-12-19)17-10-13-18(2)15-6-4-5-7-15/h14-15,17H,3-13H2,1-2H3. The summed E-state index contributed by atoms with van der Waals surface area (Å²) in [6.45, 7) is 6.13. The molecule has 122 valence electrons. The number of hydrogen-bond acceptors (Lipinski definition) is 4. The molecule has 1 saturated heterocycles. The van der Waals surface area contributed by atoms with Crippen LogP contribution in [0.25, 0.3) is 0 Å². The lowest BCUT2D eigenvalue weighted by molar-refractivity contribution is 0.0948.